The van der Waals surface area contributed by atoms with E-state index < -0.39 is 0 Å². The lowest BCUT2D eigenvalue weighted by Gasteiger charge is -2.30. The molecular formula is C15H25N3. The molecule has 1 N–H and O–H groups in total. The molecule has 3 rings (SSSR count). The maximum atomic E-state index is 4.41. The molecule has 1 aromatic rings. The number of nitrogens with zero attached hydrogens (tertiary/aromatic N) is 2. The van der Waals surface area contributed by atoms with Crippen LogP contribution >= 0.6 is 0 Å². The fourth-order valence-corrected chi connectivity index (χ4v) is 3.71. The van der Waals surface area contributed by atoms with Gasteiger partial charge in [0.1, 0.15) is 0 Å². The van der Waals surface area contributed by atoms with Gasteiger partial charge < -0.3 is 9.88 Å². The molecule has 100 valence electrons. The summed E-state index contributed by atoms with van der Waals surface area (Å²) in [6, 6.07) is 1.16. The number of nitrogens with one attached hydrogen (secondary N) is 1. The summed E-state index contributed by atoms with van der Waals surface area (Å²) in [6.07, 6.45) is 13.8. The maximum Gasteiger partial charge on any atom is 0.0951 e. The molecular weight excluding hydrogens is 222 g/mol. The van der Waals surface area contributed by atoms with Gasteiger partial charge >= 0.3 is 0 Å². The Kier molecular flexibility index (Phi) is 3.69. The lowest BCUT2D eigenvalue weighted by atomic mass is 9.84. The molecule has 1 aliphatic carbocycles. The van der Waals surface area contributed by atoms with Crippen molar-refractivity contribution in [3.8, 4) is 0 Å². The standard InChI is InChI=1S/C15H25N3/c1-12(13-6-3-2-4-7-13)18-11-16-10-15(18)14-8-5-9-17-14/h10-14,17H,2-9H2,1H3/t12?,14-/m0/s1. The Bertz CT molecular complexity index is 373. The first-order valence-electron chi connectivity index (χ1n) is 7.61. The van der Waals surface area contributed by atoms with Crippen molar-refractivity contribution in [2.75, 3.05) is 6.54 Å². The highest BCUT2D eigenvalue weighted by Gasteiger charge is 2.26. The summed E-state index contributed by atoms with van der Waals surface area (Å²) in [7, 11) is 0. The van der Waals surface area contributed by atoms with Crippen LogP contribution in [0.25, 0.3) is 0 Å². The van der Waals surface area contributed by atoms with Crippen molar-refractivity contribution in [3.63, 3.8) is 0 Å². The van der Waals surface area contributed by atoms with Crippen molar-refractivity contribution in [1.82, 2.24) is 14.9 Å². The van der Waals surface area contributed by atoms with Gasteiger partial charge in [0, 0.05) is 18.3 Å². The highest BCUT2D eigenvalue weighted by atomic mass is 15.1. The molecule has 0 aromatic carbocycles. The second kappa shape index (κ2) is 5.43. The quantitative estimate of drug-likeness (QED) is 0.886. The van der Waals surface area contributed by atoms with Crippen molar-refractivity contribution >= 4 is 0 Å². The molecule has 0 amide bonds. The summed E-state index contributed by atoms with van der Waals surface area (Å²) in [6.45, 7) is 3.55. The fourth-order valence-electron chi connectivity index (χ4n) is 3.71. The topological polar surface area (TPSA) is 29.9 Å². The van der Waals surface area contributed by atoms with E-state index in [1.807, 2.05) is 0 Å². The van der Waals surface area contributed by atoms with Crippen molar-refractivity contribution in [3.05, 3.63) is 18.2 Å². The van der Waals surface area contributed by atoms with E-state index >= 15 is 0 Å². The van der Waals surface area contributed by atoms with Crippen LogP contribution in [0, 0.1) is 5.92 Å². The van der Waals surface area contributed by atoms with E-state index in [4.69, 9.17) is 0 Å². The van der Waals surface area contributed by atoms with Crippen LogP contribution in [0.4, 0.5) is 0 Å². The fraction of sp³-hybridized carbons (Fsp3) is 0.800. The second-order valence-electron chi connectivity index (χ2n) is 6.01. The molecule has 0 spiro atoms. The molecule has 1 aromatic heterocycles. The van der Waals surface area contributed by atoms with Crippen molar-refractivity contribution in [2.45, 2.75) is 64.0 Å². The molecule has 1 saturated carbocycles. The van der Waals surface area contributed by atoms with Gasteiger partial charge in [-0.2, -0.15) is 0 Å². The Morgan fingerprint density at radius 3 is 2.78 bits per heavy atom. The van der Waals surface area contributed by atoms with Gasteiger partial charge in [-0.25, -0.2) is 4.98 Å². The van der Waals surface area contributed by atoms with Gasteiger partial charge in [0.25, 0.3) is 0 Å². The highest BCUT2D eigenvalue weighted by molar-refractivity contribution is 5.08. The summed E-state index contributed by atoms with van der Waals surface area (Å²) < 4.78 is 2.44. The van der Waals surface area contributed by atoms with Crippen LogP contribution in [-0.2, 0) is 0 Å². The molecule has 18 heavy (non-hydrogen) atoms. The Labute approximate surface area is 110 Å². The molecule has 3 heteroatoms. The SMILES string of the molecule is CC(C1CCCCC1)n1cncc1[C@@H]1CCCN1. The third kappa shape index (κ3) is 2.33. The number of hydrogen-bond donors (Lipinski definition) is 1. The summed E-state index contributed by atoms with van der Waals surface area (Å²) in [5.41, 5.74) is 1.41. The van der Waals surface area contributed by atoms with Crippen LogP contribution in [-0.4, -0.2) is 16.1 Å². The lowest BCUT2D eigenvalue weighted by Crippen LogP contribution is -2.23. The van der Waals surface area contributed by atoms with Gasteiger partial charge in [-0.05, 0) is 45.1 Å². The number of hydrogen-bond acceptors (Lipinski definition) is 2. The smallest absolute Gasteiger partial charge is 0.0951 e. The Balaban J connectivity index is 1.76. The van der Waals surface area contributed by atoms with Crippen LogP contribution in [0.1, 0.15) is 69.6 Å². The molecule has 1 saturated heterocycles. The van der Waals surface area contributed by atoms with Gasteiger partial charge in [-0.3, -0.25) is 0 Å². The van der Waals surface area contributed by atoms with E-state index in [2.05, 4.69) is 34.3 Å². The summed E-state index contributed by atoms with van der Waals surface area (Å²) in [4.78, 5) is 4.41. The summed E-state index contributed by atoms with van der Waals surface area (Å²) in [5.74, 6) is 0.855. The number of aromatic nitrogens is 2. The van der Waals surface area contributed by atoms with Crippen LogP contribution in [0.15, 0.2) is 12.5 Å². The summed E-state index contributed by atoms with van der Waals surface area (Å²) >= 11 is 0. The maximum absolute atomic E-state index is 4.41. The first-order valence-corrected chi connectivity index (χ1v) is 7.61. The second-order valence-corrected chi connectivity index (χ2v) is 6.01. The Morgan fingerprint density at radius 2 is 2.06 bits per heavy atom. The van der Waals surface area contributed by atoms with Gasteiger partial charge in [-0.1, -0.05) is 19.3 Å². The van der Waals surface area contributed by atoms with E-state index in [0.29, 0.717) is 12.1 Å². The predicted molar refractivity (Wildman–Crippen MR) is 73.5 cm³/mol. The molecule has 2 heterocycles. The normalized spacial score (nSPS) is 27.5. The average molecular weight is 247 g/mol. The van der Waals surface area contributed by atoms with E-state index in [9.17, 15) is 0 Å². The van der Waals surface area contributed by atoms with E-state index in [1.54, 1.807) is 0 Å². The molecule has 2 fully saturated rings. The molecule has 0 bridgehead atoms. The Hall–Kier alpha value is -0.830. The van der Waals surface area contributed by atoms with Crippen LogP contribution in [0.2, 0.25) is 0 Å². The van der Waals surface area contributed by atoms with Crippen LogP contribution in [0.5, 0.6) is 0 Å². The first kappa shape index (κ1) is 12.2. The molecule has 1 unspecified atom stereocenters. The Morgan fingerprint density at radius 1 is 1.22 bits per heavy atom. The van der Waals surface area contributed by atoms with Gasteiger partial charge in [0.2, 0.25) is 0 Å². The minimum Gasteiger partial charge on any atom is -0.330 e. The van der Waals surface area contributed by atoms with E-state index in [1.165, 1.54) is 50.6 Å². The monoisotopic (exact) mass is 247 g/mol. The van der Waals surface area contributed by atoms with Crippen LogP contribution < -0.4 is 5.32 Å². The molecule has 2 atom stereocenters. The zero-order valence-corrected chi connectivity index (χ0v) is 11.4. The molecule has 2 aliphatic rings. The summed E-state index contributed by atoms with van der Waals surface area (Å²) in [5, 5.41) is 3.60. The van der Waals surface area contributed by atoms with Gasteiger partial charge in [-0.15, -0.1) is 0 Å². The van der Waals surface area contributed by atoms with Crippen molar-refractivity contribution in [2.24, 2.45) is 5.92 Å². The van der Waals surface area contributed by atoms with Crippen molar-refractivity contribution < 1.29 is 0 Å². The molecule has 1 aliphatic heterocycles. The molecule has 3 nitrogen and oxygen atoms in total. The number of imidazole rings is 1. The van der Waals surface area contributed by atoms with Crippen LogP contribution in [0.3, 0.4) is 0 Å². The highest BCUT2D eigenvalue weighted by Crippen LogP contribution is 2.35. The largest absolute Gasteiger partial charge is 0.330 e. The zero-order chi connectivity index (χ0) is 12.4. The predicted octanol–water partition coefficient (Wildman–Crippen LogP) is 3.45. The molecule has 0 radical (unpaired) electrons. The first-order chi connectivity index (χ1) is 8.86. The third-order valence-corrected chi connectivity index (χ3v) is 4.88. The lowest BCUT2D eigenvalue weighted by molar-refractivity contribution is 0.258. The third-order valence-electron chi connectivity index (χ3n) is 4.88. The van der Waals surface area contributed by atoms with E-state index in [0.717, 1.165) is 12.5 Å². The van der Waals surface area contributed by atoms with E-state index in [-0.39, 0.29) is 0 Å². The van der Waals surface area contributed by atoms with Gasteiger partial charge in [0.15, 0.2) is 0 Å². The number of rotatable bonds is 3. The van der Waals surface area contributed by atoms with Gasteiger partial charge in [0.05, 0.1) is 12.0 Å². The average Bonchev–Trinajstić information content (AvgIpc) is 3.09. The zero-order valence-electron chi connectivity index (χ0n) is 11.4. The van der Waals surface area contributed by atoms with Crippen molar-refractivity contribution in [1.29, 1.82) is 0 Å². The minimum atomic E-state index is 0.540. The minimum absolute atomic E-state index is 0.540.